The first-order chi connectivity index (χ1) is 9.56. The van der Waals surface area contributed by atoms with Crippen LogP contribution in [0.2, 0.25) is 0 Å². The Morgan fingerprint density at radius 1 is 1.20 bits per heavy atom. The highest BCUT2D eigenvalue weighted by Gasteiger charge is 2.42. The molecule has 1 heterocycles. The van der Waals surface area contributed by atoms with Gasteiger partial charge in [-0.1, -0.05) is 26.0 Å². The van der Waals surface area contributed by atoms with Crippen LogP contribution in [0.25, 0.3) is 0 Å². The number of carbonyl (C=O) groups excluding carboxylic acids is 1. The molecule has 0 saturated carbocycles. The van der Waals surface area contributed by atoms with E-state index in [4.69, 9.17) is 9.47 Å². The van der Waals surface area contributed by atoms with Crippen molar-refractivity contribution in [3.05, 3.63) is 29.8 Å². The van der Waals surface area contributed by atoms with E-state index in [9.17, 15) is 4.79 Å². The van der Waals surface area contributed by atoms with E-state index in [-0.39, 0.29) is 29.8 Å². The number of hydrogen-bond donors (Lipinski definition) is 0. The first-order valence-corrected chi connectivity index (χ1v) is 7.47. The molecule has 0 bridgehead atoms. The Labute approximate surface area is 121 Å². The van der Waals surface area contributed by atoms with E-state index in [1.165, 1.54) is 0 Å². The highest BCUT2D eigenvalue weighted by Crippen LogP contribution is 2.36. The summed E-state index contributed by atoms with van der Waals surface area (Å²) in [6.07, 6.45) is 1.02. The molecule has 0 aromatic heterocycles. The molecule has 0 aliphatic carbocycles. The lowest BCUT2D eigenvalue weighted by Gasteiger charge is -2.19. The Morgan fingerprint density at radius 2 is 1.90 bits per heavy atom. The topological polar surface area (TPSA) is 35.5 Å². The number of carbonyl (C=O) groups is 1. The van der Waals surface area contributed by atoms with Crippen LogP contribution in [0, 0.1) is 11.8 Å². The molecule has 110 valence electrons. The summed E-state index contributed by atoms with van der Waals surface area (Å²) in [4.78, 5) is 12.8. The molecule has 0 radical (unpaired) electrons. The summed E-state index contributed by atoms with van der Waals surface area (Å²) in [6, 6.07) is 7.52. The van der Waals surface area contributed by atoms with Crippen molar-refractivity contribution in [1.29, 1.82) is 0 Å². The number of Topliss-reactive ketones (excluding diaryl/α,β-unsaturated/α-hetero) is 1. The summed E-state index contributed by atoms with van der Waals surface area (Å²) >= 11 is 0. The van der Waals surface area contributed by atoms with Crippen LogP contribution < -0.4 is 4.74 Å². The van der Waals surface area contributed by atoms with E-state index in [0.717, 1.165) is 6.42 Å². The highest BCUT2D eigenvalue weighted by molar-refractivity contribution is 6.01. The van der Waals surface area contributed by atoms with E-state index in [0.29, 0.717) is 17.9 Å². The molecule has 0 spiro atoms. The smallest absolute Gasteiger partial charge is 0.172 e. The zero-order valence-corrected chi connectivity index (χ0v) is 12.8. The number of ether oxygens (including phenoxy) is 2. The molecule has 0 N–H and O–H groups in total. The van der Waals surface area contributed by atoms with Gasteiger partial charge in [0.05, 0.1) is 30.3 Å². The van der Waals surface area contributed by atoms with Crippen LogP contribution in [0.5, 0.6) is 5.75 Å². The number of hydrogen-bond acceptors (Lipinski definition) is 3. The van der Waals surface area contributed by atoms with Gasteiger partial charge in [-0.3, -0.25) is 4.79 Å². The van der Waals surface area contributed by atoms with Gasteiger partial charge in [0.15, 0.2) is 5.78 Å². The van der Waals surface area contributed by atoms with Gasteiger partial charge < -0.3 is 9.47 Å². The summed E-state index contributed by atoms with van der Waals surface area (Å²) in [5.74, 6) is 0.979. The lowest BCUT2D eigenvalue weighted by Crippen LogP contribution is -2.27. The molecule has 1 aliphatic rings. The number of benzene rings is 1. The van der Waals surface area contributed by atoms with Crippen LogP contribution >= 0.6 is 0 Å². The van der Waals surface area contributed by atoms with Crippen molar-refractivity contribution in [2.24, 2.45) is 11.8 Å². The summed E-state index contributed by atoms with van der Waals surface area (Å²) in [6.45, 7) is 8.80. The first-order valence-electron chi connectivity index (χ1n) is 7.47. The lowest BCUT2D eigenvalue weighted by molar-refractivity contribution is 0.0490. The van der Waals surface area contributed by atoms with Crippen molar-refractivity contribution < 1.29 is 14.3 Å². The van der Waals surface area contributed by atoms with E-state index < -0.39 is 0 Å². The van der Waals surface area contributed by atoms with E-state index in [1.807, 2.05) is 38.1 Å². The maximum Gasteiger partial charge on any atom is 0.172 e. The summed E-state index contributed by atoms with van der Waals surface area (Å²) in [5.41, 5.74) is 0.683. The fourth-order valence-electron chi connectivity index (χ4n) is 2.91. The summed E-state index contributed by atoms with van der Waals surface area (Å²) in [5, 5.41) is 0. The van der Waals surface area contributed by atoms with Crippen LogP contribution in [-0.4, -0.2) is 24.6 Å². The second-order valence-corrected chi connectivity index (χ2v) is 5.64. The lowest BCUT2D eigenvalue weighted by atomic mass is 9.83. The molecule has 1 aromatic carbocycles. The Morgan fingerprint density at radius 3 is 2.50 bits per heavy atom. The molecule has 4 unspecified atom stereocenters. The quantitative estimate of drug-likeness (QED) is 0.769. The van der Waals surface area contributed by atoms with Gasteiger partial charge in [-0.25, -0.2) is 0 Å². The summed E-state index contributed by atoms with van der Waals surface area (Å²) < 4.78 is 11.5. The molecule has 1 fully saturated rings. The van der Waals surface area contributed by atoms with Gasteiger partial charge in [0.2, 0.25) is 0 Å². The van der Waals surface area contributed by atoms with E-state index in [1.54, 1.807) is 0 Å². The number of para-hydroxylation sites is 1. The van der Waals surface area contributed by atoms with Crippen molar-refractivity contribution >= 4 is 5.78 Å². The minimum atomic E-state index is -0.0867. The molecular weight excluding hydrogens is 252 g/mol. The minimum absolute atomic E-state index is 0.0354. The third-order valence-corrected chi connectivity index (χ3v) is 4.16. The van der Waals surface area contributed by atoms with Gasteiger partial charge in [-0.2, -0.15) is 0 Å². The van der Waals surface area contributed by atoms with E-state index in [2.05, 4.69) is 13.8 Å². The first kappa shape index (κ1) is 15.0. The Hall–Kier alpha value is -1.35. The molecule has 1 saturated heterocycles. The van der Waals surface area contributed by atoms with Crippen molar-refractivity contribution in [3.8, 4) is 5.75 Å². The third-order valence-electron chi connectivity index (χ3n) is 4.16. The highest BCUT2D eigenvalue weighted by atomic mass is 16.5. The van der Waals surface area contributed by atoms with Crippen molar-refractivity contribution in [2.75, 3.05) is 6.61 Å². The van der Waals surface area contributed by atoms with Crippen molar-refractivity contribution in [2.45, 2.75) is 46.3 Å². The maximum absolute atomic E-state index is 12.8. The third kappa shape index (κ3) is 2.88. The Bertz CT molecular complexity index is 469. The molecule has 3 nitrogen and oxygen atoms in total. The van der Waals surface area contributed by atoms with Crippen LogP contribution in [0.4, 0.5) is 0 Å². The SMILES string of the molecule is CCCOc1ccccc1C(=O)C1C(C)OC(C)C1C. The van der Waals surface area contributed by atoms with Crippen LogP contribution in [0.15, 0.2) is 24.3 Å². The minimum Gasteiger partial charge on any atom is -0.493 e. The standard InChI is InChI=1S/C17H24O3/c1-5-10-19-15-9-7-6-8-14(15)17(18)16-11(2)12(3)20-13(16)4/h6-9,11-13,16H,5,10H2,1-4H3. The Balaban J connectivity index is 2.25. The number of ketones is 1. The maximum atomic E-state index is 12.8. The molecule has 2 rings (SSSR count). The van der Waals surface area contributed by atoms with Crippen LogP contribution in [0.3, 0.4) is 0 Å². The fourth-order valence-corrected chi connectivity index (χ4v) is 2.91. The van der Waals surface area contributed by atoms with Crippen LogP contribution in [0.1, 0.15) is 44.5 Å². The average Bonchev–Trinajstić information content (AvgIpc) is 2.69. The molecule has 3 heteroatoms. The van der Waals surface area contributed by atoms with Gasteiger partial charge in [-0.05, 0) is 38.3 Å². The van der Waals surface area contributed by atoms with Crippen molar-refractivity contribution in [1.82, 2.24) is 0 Å². The van der Waals surface area contributed by atoms with Crippen LogP contribution in [-0.2, 0) is 4.74 Å². The second-order valence-electron chi connectivity index (χ2n) is 5.64. The monoisotopic (exact) mass is 276 g/mol. The molecule has 1 aromatic rings. The van der Waals surface area contributed by atoms with Gasteiger partial charge in [0, 0.05) is 0 Å². The molecular formula is C17H24O3. The zero-order valence-electron chi connectivity index (χ0n) is 12.8. The average molecular weight is 276 g/mol. The van der Waals surface area contributed by atoms with Gasteiger partial charge >= 0.3 is 0 Å². The normalized spacial score (nSPS) is 29.4. The number of rotatable bonds is 5. The fraction of sp³-hybridized carbons (Fsp3) is 0.588. The van der Waals surface area contributed by atoms with E-state index >= 15 is 0 Å². The predicted molar refractivity (Wildman–Crippen MR) is 79.2 cm³/mol. The predicted octanol–water partition coefficient (Wildman–Crippen LogP) is 3.72. The van der Waals surface area contributed by atoms with Gasteiger partial charge in [0.1, 0.15) is 5.75 Å². The Kier molecular flexibility index (Phi) is 4.81. The van der Waals surface area contributed by atoms with Gasteiger partial charge in [0.25, 0.3) is 0 Å². The molecule has 20 heavy (non-hydrogen) atoms. The molecule has 0 amide bonds. The van der Waals surface area contributed by atoms with Crippen molar-refractivity contribution in [3.63, 3.8) is 0 Å². The zero-order chi connectivity index (χ0) is 14.7. The molecule has 4 atom stereocenters. The van der Waals surface area contributed by atoms with Gasteiger partial charge in [-0.15, -0.1) is 0 Å². The second kappa shape index (κ2) is 6.40. The summed E-state index contributed by atoms with van der Waals surface area (Å²) in [7, 11) is 0. The largest absolute Gasteiger partial charge is 0.493 e. The molecule has 1 aliphatic heterocycles.